The molecule has 1 saturated carbocycles. The second-order valence-electron chi connectivity index (χ2n) is 4.47. The Kier molecular flexibility index (Phi) is 6.22. The minimum Gasteiger partial charge on any atom is -0.379 e. The van der Waals surface area contributed by atoms with E-state index in [0.29, 0.717) is 18.2 Å². The maximum Gasteiger partial charge on any atom is 0.0604 e. The molecule has 15 heavy (non-hydrogen) atoms. The van der Waals surface area contributed by atoms with Gasteiger partial charge in [-0.15, -0.1) is 0 Å². The lowest BCUT2D eigenvalue weighted by molar-refractivity contribution is -0.0104. The third kappa shape index (κ3) is 5.50. The predicted molar refractivity (Wildman–Crippen MR) is 62.1 cm³/mol. The summed E-state index contributed by atoms with van der Waals surface area (Å²) in [6, 6.07) is 0.681. The first kappa shape index (κ1) is 12.9. The van der Waals surface area contributed by atoms with Crippen LogP contribution in [0.2, 0.25) is 0 Å². The fourth-order valence-corrected chi connectivity index (χ4v) is 1.80. The molecule has 0 saturated heterocycles. The molecule has 1 N–H and O–H groups in total. The van der Waals surface area contributed by atoms with Crippen molar-refractivity contribution in [1.82, 2.24) is 5.32 Å². The highest BCUT2D eigenvalue weighted by molar-refractivity contribution is 4.85. The zero-order chi connectivity index (χ0) is 11.1. The lowest BCUT2D eigenvalue weighted by Crippen LogP contribution is -2.45. The Morgan fingerprint density at radius 3 is 2.67 bits per heavy atom. The minimum atomic E-state index is 0.357. The molecule has 0 amide bonds. The van der Waals surface area contributed by atoms with Crippen molar-refractivity contribution in [3.05, 3.63) is 0 Å². The van der Waals surface area contributed by atoms with Gasteiger partial charge in [-0.3, -0.25) is 0 Å². The van der Waals surface area contributed by atoms with Gasteiger partial charge in [-0.25, -0.2) is 0 Å². The van der Waals surface area contributed by atoms with Crippen molar-refractivity contribution in [2.45, 2.75) is 58.3 Å². The number of hydrogen-bond acceptors (Lipinski definition) is 3. The van der Waals surface area contributed by atoms with Crippen LogP contribution < -0.4 is 5.32 Å². The van der Waals surface area contributed by atoms with Crippen molar-refractivity contribution in [3.63, 3.8) is 0 Å². The van der Waals surface area contributed by atoms with Crippen LogP contribution in [0, 0.1) is 0 Å². The van der Waals surface area contributed by atoms with Crippen molar-refractivity contribution in [3.8, 4) is 0 Å². The summed E-state index contributed by atoms with van der Waals surface area (Å²) in [5.41, 5.74) is 0. The van der Waals surface area contributed by atoms with Crippen LogP contribution in [-0.2, 0) is 9.47 Å². The lowest BCUT2D eigenvalue weighted by Gasteiger charge is -2.35. The highest BCUT2D eigenvalue weighted by Crippen LogP contribution is 2.22. The molecule has 0 atom stereocenters. The number of rotatable bonds is 8. The van der Waals surface area contributed by atoms with Gasteiger partial charge in [0.15, 0.2) is 0 Å². The number of nitrogens with one attached hydrogen (secondary N) is 1. The summed E-state index contributed by atoms with van der Waals surface area (Å²) in [5.74, 6) is 0. The van der Waals surface area contributed by atoms with Crippen LogP contribution in [0.5, 0.6) is 0 Å². The summed E-state index contributed by atoms with van der Waals surface area (Å²) in [6.07, 6.45) is 4.33. The van der Waals surface area contributed by atoms with E-state index < -0.39 is 0 Å². The third-order valence-corrected chi connectivity index (χ3v) is 2.70. The molecule has 3 nitrogen and oxygen atoms in total. The Balaban J connectivity index is 1.82. The fourth-order valence-electron chi connectivity index (χ4n) is 1.80. The van der Waals surface area contributed by atoms with Crippen LogP contribution in [0.15, 0.2) is 0 Å². The molecule has 0 bridgehead atoms. The van der Waals surface area contributed by atoms with Gasteiger partial charge in [0.2, 0.25) is 0 Å². The Bertz CT molecular complexity index is 156. The van der Waals surface area contributed by atoms with Gasteiger partial charge in [-0.1, -0.05) is 0 Å². The molecule has 1 aliphatic carbocycles. The van der Waals surface area contributed by atoms with Crippen molar-refractivity contribution < 1.29 is 9.47 Å². The maximum absolute atomic E-state index is 5.50. The predicted octanol–water partition coefficient (Wildman–Crippen LogP) is 1.96. The zero-order valence-corrected chi connectivity index (χ0v) is 10.3. The molecule has 1 rings (SSSR count). The van der Waals surface area contributed by atoms with Crippen LogP contribution in [0.1, 0.15) is 40.0 Å². The summed E-state index contributed by atoms with van der Waals surface area (Å²) in [6.45, 7) is 8.99. The molecule has 0 aromatic rings. The van der Waals surface area contributed by atoms with E-state index in [-0.39, 0.29) is 0 Å². The Labute approximate surface area is 93.5 Å². The monoisotopic (exact) mass is 215 g/mol. The first-order chi connectivity index (χ1) is 7.22. The standard InChI is InChI=1S/C12H25NO2/c1-4-14-12-8-11(9-12)13-6-5-7-15-10(2)3/h10-13H,4-9H2,1-3H3. The Hall–Kier alpha value is -0.120. The zero-order valence-electron chi connectivity index (χ0n) is 10.3. The van der Waals surface area contributed by atoms with E-state index in [9.17, 15) is 0 Å². The van der Waals surface area contributed by atoms with Crippen LogP contribution in [0.4, 0.5) is 0 Å². The van der Waals surface area contributed by atoms with Gasteiger partial charge in [0.25, 0.3) is 0 Å². The quantitative estimate of drug-likeness (QED) is 0.628. The smallest absolute Gasteiger partial charge is 0.0604 e. The van der Waals surface area contributed by atoms with Crippen LogP contribution in [-0.4, -0.2) is 38.0 Å². The highest BCUT2D eigenvalue weighted by atomic mass is 16.5. The van der Waals surface area contributed by atoms with Gasteiger partial charge >= 0.3 is 0 Å². The van der Waals surface area contributed by atoms with E-state index in [0.717, 1.165) is 26.2 Å². The van der Waals surface area contributed by atoms with Gasteiger partial charge in [-0.05, 0) is 46.6 Å². The third-order valence-electron chi connectivity index (χ3n) is 2.70. The van der Waals surface area contributed by atoms with Crippen molar-refractivity contribution in [2.24, 2.45) is 0 Å². The summed E-state index contributed by atoms with van der Waals surface area (Å²) in [5, 5.41) is 3.52. The highest BCUT2D eigenvalue weighted by Gasteiger charge is 2.28. The molecule has 0 radical (unpaired) electrons. The van der Waals surface area contributed by atoms with E-state index in [1.165, 1.54) is 12.8 Å². The van der Waals surface area contributed by atoms with Gasteiger partial charge in [0.1, 0.15) is 0 Å². The molecule has 1 fully saturated rings. The SMILES string of the molecule is CCOC1CC(NCCCOC(C)C)C1. The Morgan fingerprint density at radius 2 is 2.07 bits per heavy atom. The van der Waals surface area contributed by atoms with Gasteiger partial charge < -0.3 is 14.8 Å². The average molecular weight is 215 g/mol. The van der Waals surface area contributed by atoms with Gasteiger partial charge in [-0.2, -0.15) is 0 Å². The molecular weight excluding hydrogens is 190 g/mol. The lowest BCUT2D eigenvalue weighted by atomic mass is 9.89. The van der Waals surface area contributed by atoms with E-state index in [1.54, 1.807) is 0 Å². The molecule has 0 heterocycles. The topological polar surface area (TPSA) is 30.5 Å². The second kappa shape index (κ2) is 7.20. The van der Waals surface area contributed by atoms with Gasteiger partial charge in [0.05, 0.1) is 12.2 Å². The first-order valence-corrected chi connectivity index (χ1v) is 6.19. The van der Waals surface area contributed by atoms with Crippen LogP contribution >= 0.6 is 0 Å². The van der Waals surface area contributed by atoms with Crippen molar-refractivity contribution in [2.75, 3.05) is 19.8 Å². The molecule has 1 aliphatic rings. The van der Waals surface area contributed by atoms with Crippen molar-refractivity contribution in [1.29, 1.82) is 0 Å². The molecule has 0 unspecified atom stereocenters. The minimum absolute atomic E-state index is 0.357. The molecule has 0 aliphatic heterocycles. The summed E-state index contributed by atoms with van der Waals surface area (Å²) < 4.78 is 11.0. The van der Waals surface area contributed by atoms with E-state index in [1.807, 2.05) is 0 Å². The van der Waals surface area contributed by atoms with E-state index >= 15 is 0 Å². The molecule has 90 valence electrons. The number of hydrogen-bond donors (Lipinski definition) is 1. The largest absolute Gasteiger partial charge is 0.379 e. The molecule has 0 aromatic carbocycles. The van der Waals surface area contributed by atoms with Gasteiger partial charge in [0, 0.05) is 19.3 Å². The number of ether oxygens (including phenoxy) is 2. The van der Waals surface area contributed by atoms with Crippen molar-refractivity contribution >= 4 is 0 Å². The summed E-state index contributed by atoms with van der Waals surface area (Å²) >= 11 is 0. The maximum atomic E-state index is 5.50. The fraction of sp³-hybridized carbons (Fsp3) is 1.00. The molecule has 0 aromatic heterocycles. The Morgan fingerprint density at radius 1 is 1.33 bits per heavy atom. The first-order valence-electron chi connectivity index (χ1n) is 6.19. The normalized spacial score (nSPS) is 25.6. The summed E-state index contributed by atoms with van der Waals surface area (Å²) in [7, 11) is 0. The molecular formula is C12H25NO2. The van der Waals surface area contributed by atoms with Crippen LogP contribution in [0.25, 0.3) is 0 Å². The molecule has 0 spiro atoms. The van der Waals surface area contributed by atoms with Crippen LogP contribution in [0.3, 0.4) is 0 Å². The van der Waals surface area contributed by atoms with E-state index in [4.69, 9.17) is 9.47 Å². The average Bonchev–Trinajstić information content (AvgIpc) is 2.12. The second-order valence-corrected chi connectivity index (χ2v) is 4.47. The van der Waals surface area contributed by atoms with E-state index in [2.05, 4.69) is 26.1 Å². The summed E-state index contributed by atoms with van der Waals surface area (Å²) in [4.78, 5) is 0. The molecule has 3 heteroatoms.